The van der Waals surface area contributed by atoms with Crippen molar-refractivity contribution in [3.05, 3.63) is 29.0 Å². The molecule has 0 aliphatic heterocycles. The smallest absolute Gasteiger partial charge is 0.110 e. The number of imidazole rings is 1. The summed E-state index contributed by atoms with van der Waals surface area (Å²) in [6, 6.07) is 6.84. The normalized spacial score (nSPS) is 17.3. The maximum absolute atomic E-state index is 6.03. The van der Waals surface area contributed by atoms with E-state index in [1.165, 1.54) is 18.4 Å². The standard InChI is InChI=1S/C14H18ClN3/c1-9(16)2-7-14-17-12-8-10(15)3-6-13(12)18(14)11-4-5-11/h3,6,8-9,11H,2,4-5,7,16H2,1H3. The molecule has 4 heteroatoms. The highest BCUT2D eigenvalue weighted by Crippen LogP contribution is 2.39. The van der Waals surface area contributed by atoms with Gasteiger partial charge in [-0.05, 0) is 44.4 Å². The van der Waals surface area contributed by atoms with Gasteiger partial charge in [0.05, 0.1) is 11.0 Å². The van der Waals surface area contributed by atoms with Crippen molar-refractivity contribution in [3.63, 3.8) is 0 Å². The Morgan fingerprint density at radius 3 is 2.94 bits per heavy atom. The second-order valence-electron chi connectivity index (χ2n) is 5.28. The number of halogens is 1. The highest BCUT2D eigenvalue weighted by Gasteiger charge is 2.28. The molecule has 1 aromatic carbocycles. The van der Waals surface area contributed by atoms with Crippen LogP contribution in [0.5, 0.6) is 0 Å². The summed E-state index contributed by atoms with van der Waals surface area (Å²) >= 11 is 6.03. The number of benzene rings is 1. The minimum absolute atomic E-state index is 0.223. The fraction of sp³-hybridized carbons (Fsp3) is 0.500. The molecule has 0 amide bonds. The van der Waals surface area contributed by atoms with Crippen LogP contribution in [0.2, 0.25) is 5.02 Å². The summed E-state index contributed by atoms with van der Waals surface area (Å²) in [6.07, 6.45) is 4.45. The number of aromatic nitrogens is 2. The molecule has 1 aliphatic rings. The molecule has 1 heterocycles. The number of nitrogens with two attached hydrogens (primary N) is 1. The maximum atomic E-state index is 6.03. The third-order valence-electron chi connectivity index (χ3n) is 3.46. The summed E-state index contributed by atoms with van der Waals surface area (Å²) in [5.41, 5.74) is 8.06. The lowest BCUT2D eigenvalue weighted by molar-refractivity contribution is 0.615. The van der Waals surface area contributed by atoms with E-state index in [-0.39, 0.29) is 6.04 Å². The average Bonchev–Trinajstić information content (AvgIpc) is 3.08. The number of aryl methyl sites for hydroxylation is 1. The van der Waals surface area contributed by atoms with Gasteiger partial charge < -0.3 is 10.3 Å². The predicted octanol–water partition coefficient (Wildman–Crippen LogP) is 3.30. The van der Waals surface area contributed by atoms with Crippen LogP contribution < -0.4 is 5.73 Å². The highest BCUT2D eigenvalue weighted by molar-refractivity contribution is 6.31. The first kappa shape index (κ1) is 12.0. The largest absolute Gasteiger partial charge is 0.328 e. The van der Waals surface area contributed by atoms with Gasteiger partial charge in [-0.1, -0.05) is 11.6 Å². The van der Waals surface area contributed by atoms with Gasteiger partial charge in [0.15, 0.2) is 0 Å². The Morgan fingerprint density at radius 1 is 1.50 bits per heavy atom. The molecule has 1 unspecified atom stereocenters. The molecule has 1 fully saturated rings. The van der Waals surface area contributed by atoms with E-state index in [0.29, 0.717) is 6.04 Å². The Kier molecular flexibility index (Phi) is 3.04. The van der Waals surface area contributed by atoms with Gasteiger partial charge in [-0.3, -0.25) is 0 Å². The van der Waals surface area contributed by atoms with Crippen LogP contribution in [0.4, 0.5) is 0 Å². The van der Waals surface area contributed by atoms with Crippen molar-refractivity contribution in [1.82, 2.24) is 9.55 Å². The van der Waals surface area contributed by atoms with Crippen LogP contribution in [0.3, 0.4) is 0 Å². The number of nitrogens with zero attached hydrogens (tertiary/aromatic N) is 2. The molecular weight excluding hydrogens is 246 g/mol. The van der Waals surface area contributed by atoms with Crippen LogP contribution >= 0.6 is 11.6 Å². The topological polar surface area (TPSA) is 43.8 Å². The van der Waals surface area contributed by atoms with Crippen molar-refractivity contribution in [2.75, 3.05) is 0 Å². The summed E-state index contributed by atoms with van der Waals surface area (Å²) in [4.78, 5) is 4.73. The third kappa shape index (κ3) is 2.25. The second-order valence-corrected chi connectivity index (χ2v) is 5.71. The highest BCUT2D eigenvalue weighted by atomic mass is 35.5. The molecule has 1 aromatic heterocycles. The van der Waals surface area contributed by atoms with Gasteiger partial charge >= 0.3 is 0 Å². The lowest BCUT2D eigenvalue weighted by Crippen LogP contribution is -2.16. The summed E-state index contributed by atoms with van der Waals surface area (Å²) < 4.78 is 2.38. The van der Waals surface area contributed by atoms with Crippen molar-refractivity contribution in [2.24, 2.45) is 5.73 Å². The molecule has 3 rings (SSSR count). The summed E-state index contributed by atoms with van der Waals surface area (Å²) in [5, 5.41) is 0.752. The Labute approximate surface area is 112 Å². The lowest BCUT2D eigenvalue weighted by atomic mass is 10.2. The molecule has 0 spiro atoms. The molecule has 1 aliphatic carbocycles. The minimum Gasteiger partial charge on any atom is -0.328 e. The Bertz CT molecular complexity index is 570. The predicted molar refractivity (Wildman–Crippen MR) is 75.0 cm³/mol. The van der Waals surface area contributed by atoms with Crippen molar-refractivity contribution in [3.8, 4) is 0 Å². The van der Waals surface area contributed by atoms with Gasteiger partial charge in [0.1, 0.15) is 5.82 Å². The van der Waals surface area contributed by atoms with Crippen molar-refractivity contribution in [1.29, 1.82) is 0 Å². The van der Waals surface area contributed by atoms with Crippen molar-refractivity contribution < 1.29 is 0 Å². The Balaban J connectivity index is 2.03. The number of rotatable bonds is 4. The fourth-order valence-electron chi connectivity index (χ4n) is 2.40. The van der Waals surface area contributed by atoms with Gasteiger partial charge in [-0.15, -0.1) is 0 Å². The first-order chi connectivity index (χ1) is 8.65. The van der Waals surface area contributed by atoms with E-state index in [9.17, 15) is 0 Å². The molecule has 1 atom stereocenters. The minimum atomic E-state index is 0.223. The van der Waals surface area contributed by atoms with E-state index in [1.54, 1.807) is 0 Å². The molecule has 96 valence electrons. The number of hydrogen-bond donors (Lipinski definition) is 1. The van der Waals surface area contributed by atoms with E-state index in [2.05, 4.69) is 10.6 Å². The van der Waals surface area contributed by atoms with Gasteiger partial charge in [-0.2, -0.15) is 0 Å². The summed E-state index contributed by atoms with van der Waals surface area (Å²) in [5.74, 6) is 1.16. The average molecular weight is 264 g/mol. The van der Waals surface area contributed by atoms with E-state index in [0.717, 1.165) is 29.2 Å². The van der Waals surface area contributed by atoms with Crippen molar-refractivity contribution >= 4 is 22.6 Å². The third-order valence-corrected chi connectivity index (χ3v) is 3.69. The van der Waals surface area contributed by atoms with E-state index in [1.807, 2.05) is 19.1 Å². The first-order valence-corrected chi connectivity index (χ1v) is 6.95. The molecule has 0 bridgehead atoms. The van der Waals surface area contributed by atoms with Gasteiger partial charge in [0, 0.05) is 23.5 Å². The van der Waals surface area contributed by atoms with Crippen LogP contribution in [0, 0.1) is 0 Å². The Hall–Kier alpha value is -1.06. The van der Waals surface area contributed by atoms with Crippen LogP contribution in [-0.2, 0) is 6.42 Å². The Morgan fingerprint density at radius 2 is 2.28 bits per heavy atom. The first-order valence-electron chi connectivity index (χ1n) is 6.57. The van der Waals surface area contributed by atoms with Crippen molar-refractivity contribution in [2.45, 2.75) is 44.7 Å². The van der Waals surface area contributed by atoms with Crippen LogP contribution in [-0.4, -0.2) is 15.6 Å². The maximum Gasteiger partial charge on any atom is 0.110 e. The second kappa shape index (κ2) is 4.56. The number of fused-ring (bicyclic) bond motifs is 1. The zero-order valence-electron chi connectivity index (χ0n) is 10.6. The monoisotopic (exact) mass is 263 g/mol. The van der Waals surface area contributed by atoms with Gasteiger partial charge in [-0.25, -0.2) is 4.98 Å². The summed E-state index contributed by atoms with van der Waals surface area (Å²) in [6.45, 7) is 2.04. The lowest BCUT2D eigenvalue weighted by Gasteiger charge is -2.08. The summed E-state index contributed by atoms with van der Waals surface area (Å²) in [7, 11) is 0. The SMILES string of the molecule is CC(N)CCc1nc2cc(Cl)ccc2n1C1CC1. The van der Waals surface area contributed by atoms with Gasteiger partial charge in [0.2, 0.25) is 0 Å². The quantitative estimate of drug-likeness (QED) is 0.920. The van der Waals surface area contributed by atoms with Crippen LogP contribution in [0.15, 0.2) is 18.2 Å². The van der Waals surface area contributed by atoms with E-state index in [4.69, 9.17) is 22.3 Å². The van der Waals surface area contributed by atoms with E-state index < -0.39 is 0 Å². The molecule has 0 saturated heterocycles. The molecule has 2 aromatic rings. The zero-order chi connectivity index (χ0) is 12.7. The zero-order valence-corrected chi connectivity index (χ0v) is 11.3. The molecule has 2 N–H and O–H groups in total. The molecule has 1 saturated carbocycles. The van der Waals surface area contributed by atoms with Crippen LogP contribution in [0.1, 0.15) is 38.1 Å². The molecule has 18 heavy (non-hydrogen) atoms. The number of hydrogen-bond acceptors (Lipinski definition) is 2. The van der Waals surface area contributed by atoms with Crippen LogP contribution in [0.25, 0.3) is 11.0 Å². The fourth-order valence-corrected chi connectivity index (χ4v) is 2.56. The molecule has 3 nitrogen and oxygen atoms in total. The van der Waals surface area contributed by atoms with Gasteiger partial charge in [0.25, 0.3) is 0 Å². The molecular formula is C14H18ClN3. The molecule has 0 radical (unpaired) electrons. The van der Waals surface area contributed by atoms with E-state index >= 15 is 0 Å².